The number of anilines is 1. The number of pyridine rings is 1. The molecule has 128 valence electrons. The molecule has 1 heterocycles. The summed E-state index contributed by atoms with van der Waals surface area (Å²) in [7, 11) is 1.63. The van der Waals surface area contributed by atoms with Gasteiger partial charge < -0.3 is 14.8 Å². The van der Waals surface area contributed by atoms with Gasteiger partial charge in [-0.25, -0.2) is 4.98 Å². The second-order valence-electron chi connectivity index (χ2n) is 5.40. The number of hydrogen-bond donors (Lipinski definition) is 1. The van der Waals surface area contributed by atoms with Gasteiger partial charge in [0.1, 0.15) is 12.4 Å². The number of halogens is 1. The quantitative estimate of drug-likeness (QED) is 0.653. The average Bonchev–Trinajstić information content (AvgIpc) is 2.66. The Morgan fingerprint density at radius 2 is 1.76 bits per heavy atom. The van der Waals surface area contributed by atoms with E-state index < -0.39 is 0 Å². The molecule has 2 aromatic carbocycles. The smallest absolute Gasteiger partial charge is 0.166 e. The Hall–Kier alpha value is -2.72. The van der Waals surface area contributed by atoms with Crippen LogP contribution in [-0.2, 0) is 13.2 Å². The van der Waals surface area contributed by atoms with E-state index in [1.807, 2.05) is 60.7 Å². The van der Waals surface area contributed by atoms with Crippen molar-refractivity contribution in [2.45, 2.75) is 13.2 Å². The molecule has 0 saturated carbocycles. The van der Waals surface area contributed by atoms with Gasteiger partial charge >= 0.3 is 0 Å². The Kier molecular flexibility index (Phi) is 5.75. The maximum absolute atomic E-state index is 6.21. The summed E-state index contributed by atoms with van der Waals surface area (Å²) in [5, 5.41) is 3.98. The highest BCUT2D eigenvalue weighted by atomic mass is 35.5. The summed E-state index contributed by atoms with van der Waals surface area (Å²) in [4.78, 5) is 4.27. The second kappa shape index (κ2) is 8.40. The van der Waals surface area contributed by atoms with Gasteiger partial charge in [0.15, 0.2) is 11.5 Å². The van der Waals surface area contributed by atoms with Crippen LogP contribution < -0.4 is 14.8 Å². The van der Waals surface area contributed by atoms with Crippen molar-refractivity contribution in [3.8, 4) is 11.5 Å². The minimum Gasteiger partial charge on any atom is -0.493 e. The largest absolute Gasteiger partial charge is 0.493 e. The van der Waals surface area contributed by atoms with Crippen LogP contribution in [0.5, 0.6) is 11.5 Å². The van der Waals surface area contributed by atoms with E-state index >= 15 is 0 Å². The molecule has 4 nitrogen and oxygen atoms in total. The molecule has 3 aromatic rings. The Morgan fingerprint density at radius 1 is 0.960 bits per heavy atom. The van der Waals surface area contributed by atoms with E-state index in [2.05, 4.69) is 10.3 Å². The summed E-state index contributed by atoms with van der Waals surface area (Å²) in [5.74, 6) is 2.20. The molecule has 0 aliphatic rings. The van der Waals surface area contributed by atoms with Crippen LogP contribution >= 0.6 is 11.6 Å². The topological polar surface area (TPSA) is 43.4 Å². The van der Waals surface area contributed by atoms with Gasteiger partial charge in [-0.05, 0) is 24.3 Å². The Bertz CT molecular complexity index is 825. The van der Waals surface area contributed by atoms with E-state index in [1.165, 1.54) is 0 Å². The molecule has 1 aromatic heterocycles. The lowest BCUT2D eigenvalue weighted by Crippen LogP contribution is -2.06. The van der Waals surface area contributed by atoms with Gasteiger partial charge in [-0.1, -0.05) is 48.0 Å². The Balaban J connectivity index is 1.78. The van der Waals surface area contributed by atoms with E-state index in [-0.39, 0.29) is 0 Å². The van der Waals surface area contributed by atoms with Crippen molar-refractivity contribution in [3.05, 3.63) is 83.0 Å². The van der Waals surface area contributed by atoms with Gasteiger partial charge in [0.2, 0.25) is 0 Å². The fraction of sp³-hybridized carbons (Fsp3) is 0.150. The van der Waals surface area contributed by atoms with Gasteiger partial charge in [0.25, 0.3) is 0 Å². The van der Waals surface area contributed by atoms with E-state index in [1.54, 1.807) is 13.3 Å². The summed E-state index contributed by atoms with van der Waals surface area (Å²) >= 11 is 6.21. The fourth-order valence-electron chi connectivity index (χ4n) is 2.44. The highest BCUT2D eigenvalue weighted by molar-refractivity contribution is 6.31. The molecular formula is C20H19ClN2O2. The number of rotatable bonds is 7. The molecular weight excluding hydrogens is 336 g/mol. The molecule has 0 aliphatic carbocycles. The lowest BCUT2D eigenvalue weighted by molar-refractivity contribution is 0.282. The number of para-hydroxylation sites is 1. The van der Waals surface area contributed by atoms with Gasteiger partial charge in [-0.2, -0.15) is 0 Å². The lowest BCUT2D eigenvalue weighted by Gasteiger charge is -2.16. The van der Waals surface area contributed by atoms with Gasteiger partial charge in [-0.15, -0.1) is 0 Å². The number of nitrogens with one attached hydrogen (secondary N) is 1. The molecule has 5 heteroatoms. The van der Waals surface area contributed by atoms with Crippen molar-refractivity contribution >= 4 is 17.4 Å². The maximum Gasteiger partial charge on any atom is 0.166 e. The highest BCUT2D eigenvalue weighted by Crippen LogP contribution is 2.32. The number of methoxy groups -OCH3 is 1. The van der Waals surface area contributed by atoms with Crippen LogP contribution in [0.1, 0.15) is 11.1 Å². The molecule has 0 atom stereocenters. The number of ether oxygens (including phenoxy) is 2. The predicted octanol–water partition coefficient (Wildman–Crippen LogP) is 4.93. The van der Waals surface area contributed by atoms with Gasteiger partial charge in [0, 0.05) is 28.9 Å². The SMILES string of the molecule is COc1cccc(CNc2ccccn2)c1OCc1ccccc1Cl. The van der Waals surface area contributed by atoms with Crippen LogP contribution in [0.25, 0.3) is 0 Å². The molecule has 0 radical (unpaired) electrons. The van der Waals surface area contributed by atoms with Crippen LogP contribution in [0.15, 0.2) is 66.9 Å². The van der Waals surface area contributed by atoms with E-state index in [9.17, 15) is 0 Å². The molecule has 0 spiro atoms. The van der Waals surface area contributed by atoms with Gasteiger partial charge in [0.05, 0.1) is 7.11 Å². The minimum atomic E-state index is 0.372. The molecule has 25 heavy (non-hydrogen) atoms. The number of nitrogens with zero attached hydrogens (tertiary/aromatic N) is 1. The van der Waals surface area contributed by atoms with Crippen molar-refractivity contribution in [2.75, 3.05) is 12.4 Å². The van der Waals surface area contributed by atoms with Crippen LogP contribution in [-0.4, -0.2) is 12.1 Å². The summed E-state index contributed by atoms with van der Waals surface area (Å²) in [6.07, 6.45) is 1.75. The summed E-state index contributed by atoms with van der Waals surface area (Å²) in [5.41, 5.74) is 1.91. The van der Waals surface area contributed by atoms with Crippen molar-refractivity contribution in [1.29, 1.82) is 0 Å². The first-order valence-electron chi connectivity index (χ1n) is 7.95. The van der Waals surface area contributed by atoms with Crippen molar-refractivity contribution in [2.24, 2.45) is 0 Å². The number of hydrogen-bond acceptors (Lipinski definition) is 4. The van der Waals surface area contributed by atoms with Crippen LogP contribution in [0.4, 0.5) is 5.82 Å². The molecule has 0 saturated heterocycles. The maximum atomic E-state index is 6.21. The summed E-state index contributed by atoms with van der Waals surface area (Å²) in [6.45, 7) is 0.947. The van der Waals surface area contributed by atoms with Crippen LogP contribution in [0.2, 0.25) is 5.02 Å². The van der Waals surface area contributed by atoms with Crippen molar-refractivity contribution in [1.82, 2.24) is 4.98 Å². The highest BCUT2D eigenvalue weighted by Gasteiger charge is 2.12. The third-order valence-corrected chi connectivity index (χ3v) is 4.10. The summed E-state index contributed by atoms with van der Waals surface area (Å²) < 4.78 is 11.5. The van der Waals surface area contributed by atoms with Crippen LogP contribution in [0, 0.1) is 0 Å². The minimum absolute atomic E-state index is 0.372. The first kappa shape index (κ1) is 17.1. The molecule has 0 unspecified atom stereocenters. The lowest BCUT2D eigenvalue weighted by atomic mass is 10.1. The predicted molar refractivity (Wildman–Crippen MR) is 100 cm³/mol. The van der Waals surface area contributed by atoms with Crippen molar-refractivity contribution < 1.29 is 9.47 Å². The monoisotopic (exact) mass is 354 g/mol. The second-order valence-corrected chi connectivity index (χ2v) is 5.80. The zero-order valence-corrected chi connectivity index (χ0v) is 14.7. The first-order valence-corrected chi connectivity index (χ1v) is 8.32. The summed E-state index contributed by atoms with van der Waals surface area (Å²) in [6, 6.07) is 19.2. The Morgan fingerprint density at radius 3 is 2.52 bits per heavy atom. The zero-order valence-electron chi connectivity index (χ0n) is 13.9. The van der Waals surface area contributed by atoms with Gasteiger partial charge in [-0.3, -0.25) is 0 Å². The van der Waals surface area contributed by atoms with E-state index in [4.69, 9.17) is 21.1 Å². The molecule has 0 amide bonds. The number of benzene rings is 2. The first-order chi connectivity index (χ1) is 12.3. The molecule has 0 bridgehead atoms. The number of aromatic nitrogens is 1. The normalized spacial score (nSPS) is 10.3. The van der Waals surface area contributed by atoms with E-state index in [0.29, 0.717) is 29.7 Å². The molecule has 0 aliphatic heterocycles. The standard InChI is InChI=1S/C20H19ClN2O2/c1-24-18-10-6-8-15(13-23-19-11-4-5-12-22-19)20(18)25-14-16-7-2-3-9-17(16)21/h2-12H,13-14H2,1H3,(H,22,23). The zero-order chi connectivity index (χ0) is 17.5. The molecule has 0 fully saturated rings. The Labute approximate surface area is 152 Å². The third-order valence-electron chi connectivity index (χ3n) is 3.74. The molecule has 3 rings (SSSR count). The van der Waals surface area contributed by atoms with Crippen molar-refractivity contribution in [3.63, 3.8) is 0 Å². The molecule has 1 N–H and O–H groups in total. The van der Waals surface area contributed by atoms with Crippen LogP contribution in [0.3, 0.4) is 0 Å². The fourth-order valence-corrected chi connectivity index (χ4v) is 2.63. The third kappa shape index (κ3) is 4.43. The average molecular weight is 355 g/mol. The van der Waals surface area contributed by atoms with E-state index in [0.717, 1.165) is 16.9 Å².